The lowest BCUT2D eigenvalue weighted by Gasteiger charge is -2.21. The molecule has 0 aliphatic carbocycles. The number of hydrogen-bond acceptors (Lipinski definition) is 6. The highest BCUT2D eigenvalue weighted by molar-refractivity contribution is 6.23. The summed E-state index contributed by atoms with van der Waals surface area (Å²) in [4.78, 5) is 38.1. The molecule has 0 radical (unpaired) electrons. The smallest absolute Gasteiger partial charge is 0.417 e. The standard InChI is InChI=1S/C21H20N2O5/c1-27-19(24)13-22-12-17(15-8-4-2-5-9-15)20(25)23-18(14-28-21(23)26)16-10-6-3-7-11-16/h2-12,18,22H,13-14H2,1H3/b17-12+/t18-/m1/s1. The monoisotopic (exact) mass is 380 g/mol. The van der Waals surface area contributed by atoms with Gasteiger partial charge in [-0.3, -0.25) is 9.59 Å². The van der Waals surface area contributed by atoms with Crippen LogP contribution < -0.4 is 5.32 Å². The van der Waals surface area contributed by atoms with E-state index in [1.54, 1.807) is 24.3 Å². The Balaban J connectivity index is 1.92. The highest BCUT2D eigenvalue weighted by atomic mass is 16.6. The van der Waals surface area contributed by atoms with Crippen LogP contribution in [-0.4, -0.2) is 43.1 Å². The van der Waals surface area contributed by atoms with Gasteiger partial charge >= 0.3 is 12.1 Å². The number of carbonyl (C=O) groups excluding carboxylic acids is 3. The summed E-state index contributed by atoms with van der Waals surface area (Å²) in [6.07, 6.45) is 0.719. The summed E-state index contributed by atoms with van der Waals surface area (Å²) in [5.41, 5.74) is 1.65. The molecule has 0 spiro atoms. The van der Waals surface area contributed by atoms with Crippen LogP contribution in [0.4, 0.5) is 4.79 Å². The van der Waals surface area contributed by atoms with Crippen molar-refractivity contribution in [3.8, 4) is 0 Å². The lowest BCUT2D eigenvalue weighted by Crippen LogP contribution is -2.35. The van der Waals surface area contributed by atoms with Gasteiger partial charge in [0.15, 0.2) is 0 Å². The lowest BCUT2D eigenvalue weighted by atomic mass is 10.0. The molecule has 1 aliphatic rings. The van der Waals surface area contributed by atoms with Crippen molar-refractivity contribution in [3.63, 3.8) is 0 Å². The third-order valence-electron chi connectivity index (χ3n) is 4.31. The Hall–Kier alpha value is -3.61. The van der Waals surface area contributed by atoms with Crippen LogP contribution in [0.5, 0.6) is 0 Å². The molecule has 1 N–H and O–H groups in total. The summed E-state index contributed by atoms with van der Waals surface area (Å²) >= 11 is 0. The SMILES string of the molecule is COC(=O)CN/C=C(/C(=O)N1C(=O)OC[C@@H]1c1ccccc1)c1ccccc1. The van der Waals surface area contributed by atoms with E-state index in [9.17, 15) is 14.4 Å². The van der Waals surface area contributed by atoms with E-state index in [4.69, 9.17) is 4.74 Å². The molecule has 3 rings (SSSR count). The Morgan fingerprint density at radius 3 is 2.43 bits per heavy atom. The molecule has 1 fully saturated rings. The van der Waals surface area contributed by atoms with Gasteiger partial charge < -0.3 is 14.8 Å². The molecule has 1 aliphatic heterocycles. The van der Waals surface area contributed by atoms with E-state index in [2.05, 4.69) is 10.1 Å². The Labute approximate surface area is 162 Å². The molecule has 1 saturated heterocycles. The minimum absolute atomic E-state index is 0.0895. The quantitative estimate of drug-likeness (QED) is 0.612. The fourth-order valence-electron chi connectivity index (χ4n) is 2.89. The number of amides is 2. The van der Waals surface area contributed by atoms with Crippen molar-refractivity contribution in [3.05, 3.63) is 78.0 Å². The first-order valence-corrected chi connectivity index (χ1v) is 8.73. The Bertz CT molecular complexity index is 880. The van der Waals surface area contributed by atoms with E-state index in [1.165, 1.54) is 13.3 Å². The van der Waals surface area contributed by atoms with Crippen LogP contribution in [0.1, 0.15) is 17.2 Å². The maximum atomic E-state index is 13.3. The topological polar surface area (TPSA) is 84.9 Å². The van der Waals surface area contributed by atoms with Crippen LogP contribution in [-0.2, 0) is 19.1 Å². The van der Waals surface area contributed by atoms with Crippen LogP contribution in [0.25, 0.3) is 5.57 Å². The van der Waals surface area contributed by atoms with Crippen molar-refractivity contribution in [1.29, 1.82) is 0 Å². The number of rotatable bonds is 6. The minimum Gasteiger partial charge on any atom is -0.468 e. The van der Waals surface area contributed by atoms with E-state index < -0.39 is 24.0 Å². The number of benzene rings is 2. The number of hydrogen-bond donors (Lipinski definition) is 1. The number of methoxy groups -OCH3 is 1. The maximum absolute atomic E-state index is 13.3. The van der Waals surface area contributed by atoms with Crippen molar-refractivity contribution in [2.45, 2.75) is 6.04 Å². The van der Waals surface area contributed by atoms with E-state index >= 15 is 0 Å². The summed E-state index contributed by atoms with van der Waals surface area (Å²) in [5.74, 6) is -0.987. The second kappa shape index (κ2) is 8.85. The van der Waals surface area contributed by atoms with Gasteiger partial charge in [-0.05, 0) is 11.1 Å². The fourth-order valence-corrected chi connectivity index (χ4v) is 2.89. The largest absolute Gasteiger partial charge is 0.468 e. The minimum atomic E-state index is -0.700. The zero-order valence-electron chi connectivity index (χ0n) is 15.3. The molecule has 28 heavy (non-hydrogen) atoms. The molecule has 0 saturated carbocycles. The molecule has 2 aromatic carbocycles. The third kappa shape index (κ3) is 4.20. The fraction of sp³-hybridized carbons (Fsp3) is 0.190. The van der Waals surface area contributed by atoms with E-state index in [0.29, 0.717) is 5.56 Å². The Morgan fingerprint density at radius 1 is 1.14 bits per heavy atom. The van der Waals surface area contributed by atoms with Gasteiger partial charge in [0.1, 0.15) is 19.2 Å². The summed E-state index contributed by atoms with van der Waals surface area (Å²) in [7, 11) is 1.28. The first kappa shape index (κ1) is 19.2. The molecule has 144 valence electrons. The maximum Gasteiger partial charge on any atom is 0.417 e. The van der Waals surface area contributed by atoms with Gasteiger partial charge in [-0.2, -0.15) is 0 Å². The van der Waals surface area contributed by atoms with Gasteiger partial charge in [0.2, 0.25) is 0 Å². The molecular formula is C21H20N2O5. The van der Waals surface area contributed by atoms with Crippen molar-refractivity contribution in [2.24, 2.45) is 0 Å². The predicted molar refractivity (Wildman–Crippen MR) is 102 cm³/mol. The molecule has 2 amide bonds. The number of nitrogens with zero attached hydrogens (tertiary/aromatic N) is 1. The second-order valence-corrected chi connectivity index (χ2v) is 6.06. The summed E-state index contributed by atoms with van der Waals surface area (Å²) in [5, 5.41) is 2.77. The highest BCUT2D eigenvalue weighted by Gasteiger charge is 2.40. The molecule has 1 heterocycles. The van der Waals surface area contributed by atoms with Crippen LogP contribution in [0.2, 0.25) is 0 Å². The van der Waals surface area contributed by atoms with Crippen LogP contribution in [0, 0.1) is 0 Å². The van der Waals surface area contributed by atoms with Crippen molar-refractivity contribution in [2.75, 3.05) is 20.3 Å². The van der Waals surface area contributed by atoms with Crippen molar-refractivity contribution in [1.82, 2.24) is 10.2 Å². The van der Waals surface area contributed by atoms with Crippen LogP contribution in [0.15, 0.2) is 66.9 Å². The lowest BCUT2D eigenvalue weighted by molar-refractivity contribution is -0.139. The molecule has 7 nitrogen and oxygen atoms in total. The first-order chi connectivity index (χ1) is 13.6. The molecule has 0 bridgehead atoms. The summed E-state index contributed by atoms with van der Waals surface area (Å²) in [6, 6.07) is 17.6. The van der Waals surface area contributed by atoms with E-state index in [1.807, 2.05) is 36.4 Å². The van der Waals surface area contributed by atoms with Gasteiger partial charge in [0, 0.05) is 6.20 Å². The molecule has 1 atom stereocenters. The predicted octanol–water partition coefficient (Wildman–Crippen LogP) is 2.51. The average Bonchev–Trinajstić information content (AvgIpc) is 3.13. The molecule has 7 heteroatoms. The van der Waals surface area contributed by atoms with E-state index in [-0.39, 0.29) is 18.7 Å². The molecule has 0 aromatic heterocycles. The average molecular weight is 380 g/mol. The molecule has 2 aromatic rings. The third-order valence-corrected chi connectivity index (χ3v) is 4.31. The number of ether oxygens (including phenoxy) is 2. The zero-order chi connectivity index (χ0) is 19.9. The molecule has 0 unspecified atom stereocenters. The first-order valence-electron chi connectivity index (χ1n) is 8.73. The highest BCUT2D eigenvalue weighted by Crippen LogP contribution is 2.31. The number of cyclic esters (lactones) is 1. The normalized spacial score (nSPS) is 16.5. The van der Waals surface area contributed by atoms with Crippen molar-refractivity contribution >= 4 is 23.5 Å². The summed E-state index contributed by atoms with van der Waals surface area (Å²) in [6.45, 7) is -0.0150. The van der Waals surface area contributed by atoms with Gasteiger partial charge in [0.25, 0.3) is 5.91 Å². The van der Waals surface area contributed by atoms with Gasteiger partial charge in [-0.1, -0.05) is 60.7 Å². The summed E-state index contributed by atoms with van der Waals surface area (Å²) < 4.78 is 9.73. The number of esters is 1. The van der Waals surface area contributed by atoms with Crippen molar-refractivity contribution < 1.29 is 23.9 Å². The van der Waals surface area contributed by atoms with E-state index in [0.717, 1.165) is 10.5 Å². The van der Waals surface area contributed by atoms with Crippen LogP contribution in [0.3, 0.4) is 0 Å². The Morgan fingerprint density at radius 2 is 1.79 bits per heavy atom. The number of nitrogens with one attached hydrogen (secondary N) is 1. The van der Waals surface area contributed by atoms with Gasteiger partial charge in [-0.25, -0.2) is 9.69 Å². The van der Waals surface area contributed by atoms with Gasteiger partial charge in [0.05, 0.1) is 12.7 Å². The number of carbonyl (C=O) groups is 3. The van der Waals surface area contributed by atoms with Gasteiger partial charge in [-0.15, -0.1) is 0 Å². The van der Waals surface area contributed by atoms with Crippen LogP contribution >= 0.6 is 0 Å². The second-order valence-electron chi connectivity index (χ2n) is 6.06. The molecular weight excluding hydrogens is 360 g/mol. The Kier molecular flexibility index (Phi) is 6.06. The number of imide groups is 1. The zero-order valence-corrected chi connectivity index (χ0v) is 15.3.